The Morgan fingerprint density at radius 1 is 1.20 bits per heavy atom. The van der Waals surface area contributed by atoms with Crippen molar-refractivity contribution in [3.8, 4) is 17.2 Å². The van der Waals surface area contributed by atoms with Crippen LogP contribution in [0.3, 0.4) is 0 Å². The average molecular weight is 340 g/mol. The normalized spacial score (nSPS) is 12.1. The van der Waals surface area contributed by atoms with Gasteiger partial charge in [-0.15, -0.1) is 0 Å². The molecule has 0 aromatic heterocycles. The molecule has 0 radical (unpaired) electrons. The summed E-state index contributed by atoms with van der Waals surface area (Å²) in [5.41, 5.74) is 6.71. The van der Waals surface area contributed by atoms with Gasteiger partial charge >= 0.3 is 0 Å². The second kappa shape index (κ2) is 6.24. The zero-order valence-corrected chi connectivity index (χ0v) is 12.8. The molecule has 0 aliphatic carbocycles. The molecule has 3 nitrogen and oxygen atoms in total. The van der Waals surface area contributed by atoms with E-state index in [-0.39, 0.29) is 11.9 Å². The maximum atomic E-state index is 13.5. The molecule has 0 aliphatic heterocycles. The molecule has 5 heteroatoms. The summed E-state index contributed by atoms with van der Waals surface area (Å²) in [6.07, 6.45) is 0. The summed E-state index contributed by atoms with van der Waals surface area (Å²) in [5.74, 6) is 1.23. The molecule has 0 bridgehead atoms. The first-order chi connectivity index (χ1) is 9.52. The van der Waals surface area contributed by atoms with Crippen LogP contribution < -0.4 is 15.2 Å². The summed E-state index contributed by atoms with van der Waals surface area (Å²) < 4.78 is 24.9. The third-order valence-corrected chi connectivity index (χ3v) is 3.46. The summed E-state index contributed by atoms with van der Waals surface area (Å²) in [5, 5.41) is 0. The quantitative estimate of drug-likeness (QED) is 0.897. The lowest BCUT2D eigenvalue weighted by Gasteiger charge is -2.17. The minimum Gasteiger partial charge on any atom is -0.496 e. The minimum absolute atomic E-state index is 0.263. The highest BCUT2D eigenvalue weighted by Crippen LogP contribution is 2.36. The van der Waals surface area contributed by atoms with E-state index in [0.717, 1.165) is 5.56 Å². The first-order valence-corrected chi connectivity index (χ1v) is 6.87. The van der Waals surface area contributed by atoms with Gasteiger partial charge in [-0.25, -0.2) is 4.39 Å². The Labute approximate surface area is 125 Å². The van der Waals surface area contributed by atoms with Crippen LogP contribution in [-0.2, 0) is 0 Å². The fourth-order valence-electron chi connectivity index (χ4n) is 1.91. The summed E-state index contributed by atoms with van der Waals surface area (Å²) in [7, 11) is 1.57. The van der Waals surface area contributed by atoms with E-state index in [1.165, 1.54) is 6.07 Å². The molecular weight excluding hydrogens is 325 g/mol. The van der Waals surface area contributed by atoms with Gasteiger partial charge < -0.3 is 15.2 Å². The van der Waals surface area contributed by atoms with E-state index in [1.807, 2.05) is 13.0 Å². The Kier molecular flexibility index (Phi) is 4.62. The van der Waals surface area contributed by atoms with Gasteiger partial charge in [0.1, 0.15) is 23.1 Å². The Morgan fingerprint density at radius 3 is 2.50 bits per heavy atom. The standard InChI is InChI=1S/C15H15BrFNO2/c1-9(18)15-13(19-2)4-3-5-14(15)20-10-6-7-11(16)12(17)8-10/h3-9H,18H2,1-2H3/t9-/m1/s1. The fourth-order valence-corrected chi connectivity index (χ4v) is 2.15. The molecule has 0 unspecified atom stereocenters. The second-order valence-electron chi connectivity index (χ2n) is 4.34. The average Bonchev–Trinajstić information content (AvgIpc) is 2.42. The third kappa shape index (κ3) is 3.11. The molecule has 0 heterocycles. The van der Waals surface area contributed by atoms with Crippen LogP contribution >= 0.6 is 15.9 Å². The van der Waals surface area contributed by atoms with Crippen molar-refractivity contribution in [3.63, 3.8) is 0 Å². The lowest BCUT2D eigenvalue weighted by atomic mass is 10.1. The van der Waals surface area contributed by atoms with Crippen molar-refractivity contribution in [3.05, 3.63) is 52.3 Å². The highest BCUT2D eigenvalue weighted by atomic mass is 79.9. The molecule has 0 aliphatic rings. The van der Waals surface area contributed by atoms with Crippen LogP contribution in [0.5, 0.6) is 17.2 Å². The van der Waals surface area contributed by atoms with Gasteiger partial charge in [0, 0.05) is 12.1 Å². The largest absolute Gasteiger partial charge is 0.496 e. The third-order valence-electron chi connectivity index (χ3n) is 2.82. The van der Waals surface area contributed by atoms with E-state index in [4.69, 9.17) is 15.2 Å². The number of methoxy groups -OCH3 is 1. The zero-order chi connectivity index (χ0) is 14.7. The Hall–Kier alpha value is -1.59. The van der Waals surface area contributed by atoms with Crippen molar-refractivity contribution in [2.75, 3.05) is 7.11 Å². The van der Waals surface area contributed by atoms with Gasteiger partial charge in [0.2, 0.25) is 0 Å². The van der Waals surface area contributed by atoms with Crippen molar-refractivity contribution in [2.24, 2.45) is 5.73 Å². The molecule has 20 heavy (non-hydrogen) atoms. The lowest BCUT2D eigenvalue weighted by molar-refractivity contribution is 0.397. The van der Waals surface area contributed by atoms with Crippen LogP contribution in [0.4, 0.5) is 4.39 Å². The predicted octanol–water partition coefficient (Wildman–Crippen LogP) is 4.41. The highest BCUT2D eigenvalue weighted by Gasteiger charge is 2.15. The molecular formula is C15H15BrFNO2. The molecule has 0 saturated carbocycles. The maximum Gasteiger partial charge on any atom is 0.141 e. The summed E-state index contributed by atoms with van der Waals surface area (Å²) in [4.78, 5) is 0. The molecule has 1 atom stereocenters. The Morgan fingerprint density at radius 2 is 1.90 bits per heavy atom. The van der Waals surface area contributed by atoms with Crippen molar-refractivity contribution in [1.82, 2.24) is 0 Å². The summed E-state index contributed by atoms with van der Waals surface area (Å²) in [6, 6.07) is 9.72. The van der Waals surface area contributed by atoms with Crippen molar-refractivity contribution < 1.29 is 13.9 Å². The highest BCUT2D eigenvalue weighted by molar-refractivity contribution is 9.10. The number of halogens is 2. The van der Waals surface area contributed by atoms with Gasteiger partial charge in [0.05, 0.1) is 17.1 Å². The zero-order valence-electron chi connectivity index (χ0n) is 11.2. The summed E-state index contributed by atoms with van der Waals surface area (Å²) in [6.45, 7) is 1.84. The van der Waals surface area contributed by atoms with E-state index in [9.17, 15) is 4.39 Å². The van der Waals surface area contributed by atoms with Gasteiger partial charge in [-0.05, 0) is 47.1 Å². The second-order valence-corrected chi connectivity index (χ2v) is 5.19. The van der Waals surface area contributed by atoms with Gasteiger partial charge in [0.25, 0.3) is 0 Å². The molecule has 2 N–H and O–H groups in total. The van der Waals surface area contributed by atoms with Gasteiger partial charge in [-0.3, -0.25) is 0 Å². The first-order valence-electron chi connectivity index (χ1n) is 6.08. The SMILES string of the molecule is COc1cccc(Oc2ccc(Br)c(F)c2)c1[C@@H](C)N. The van der Waals surface area contributed by atoms with E-state index in [0.29, 0.717) is 21.7 Å². The fraction of sp³-hybridized carbons (Fsp3) is 0.200. The van der Waals surface area contributed by atoms with E-state index < -0.39 is 0 Å². The van der Waals surface area contributed by atoms with E-state index in [1.54, 1.807) is 31.4 Å². The van der Waals surface area contributed by atoms with Gasteiger partial charge in [0.15, 0.2) is 0 Å². The van der Waals surface area contributed by atoms with Gasteiger partial charge in [-0.1, -0.05) is 6.07 Å². The van der Waals surface area contributed by atoms with Crippen molar-refractivity contribution >= 4 is 15.9 Å². The van der Waals surface area contributed by atoms with E-state index in [2.05, 4.69) is 15.9 Å². The molecule has 2 aromatic carbocycles. The summed E-state index contributed by atoms with van der Waals surface area (Å²) >= 11 is 3.10. The maximum absolute atomic E-state index is 13.5. The lowest BCUT2D eigenvalue weighted by Crippen LogP contribution is -2.08. The first kappa shape index (κ1) is 14.8. The monoisotopic (exact) mass is 339 g/mol. The Bertz CT molecular complexity index is 617. The molecule has 0 spiro atoms. The van der Waals surface area contributed by atoms with Crippen LogP contribution in [0.25, 0.3) is 0 Å². The molecule has 2 aromatic rings. The topological polar surface area (TPSA) is 44.5 Å². The number of nitrogens with two attached hydrogens (primary N) is 1. The van der Waals surface area contributed by atoms with Crippen LogP contribution in [-0.4, -0.2) is 7.11 Å². The predicted molar refractivity (Wildman–Crippen MR) is 79.8 cm³/mol. The van der Waals surface area contributed by atoms with Gasteiger partial charge in [-0.2, -0.15) is 0 Å². The van der Waals surface area contributed by atoms with E-state index >= 15 is 0 Å². The number of benzene rings is 2. The molecule has 0 fully saturated rings. The number of ether oxygens (including phenoxy) is 2. The smallest absolute Gasteiger partial charge is 0.141 e. The van der Waals surface area contributed by atoms with Crippen LogP contribution in [0.2, 0.25) is 0 Å². The van der Waals surface area contributed by atoms with Crippen LogP contribution in [0.15, 0.2) is 40.9 Å². The number of hydrogen-bond acceptors (Lipinski definition) is 3. The minimum atomic E-state index is -0.382. The van der Waals surface area contributed by atoms with Crippen molar-refractivity contribution in [1.29, 1.82) is 0 Å². The number of hydrogen-bond donors (Lipinski definition) is 1. The molecule has 106 valence electrons. The Balaban J connectivity index is 2.40. The molecule has 0 amide bonds. The van der Waals surface area contributed by atoms with Crippen molar-refractivity contribution in [2.45, 2.75) is 13.0 Å². The number of rotatable bonds is 4. The molecule has 0 saturated heterocycles. The van der Waals surface area contributed by atoms with Crippen LogP contribution in [0.1, 0.15) is 18.5 Å². The molecule has 2 rings (SSSR count). The van der Waals surface area contributed by atoms with Crippen LogP contribution in [0, 0.1) is 5.82 Å².